The van der Waals surface area contributed by atoms with Gasteiger partial charge in [0.05, 0.1) is 5.56 Å². The number of carboxylic acids is 1. The predicted molar refractivity (Wildman–Crippen MR) is 79.5 cm³/mol. The Morgan fingerprint density at radius 3 is 2.35 bits per heavy atom. The van der Waals surface area contributed by atoms with Crippen molar-refractivity contribution in [2.75, 3.05) is 0 Å². The molecule has 1 aliphatic heterocycles. The lowest BCUT2D eigenvalue weighted by molar-refractivity contribution is -0.138. The van der Waals surface area contributed by atoms with Gasteiger partial charge in [-0.25, -0.2) is 12.7 Å². The van der Waals surface area contributed by atoms with Crippen molar-refractivity contribution in [3.63, 3.8) is 0 Å². The van der Waals surface area contributed by atoms with Crippen LogP contribution in [0.3, 0.4) is 0 Å². The third kappa shape index (κ3) is 2.79. The minimum Gasteiger partial charge on any atom is -0.480 e. The van der Waals surface area contributed by atoms with Crippen LogP contribution < -0.4 is 5.32 Å². The number of aliphatic carboxylic acids is 1. The second kappa shape index (κ2) is 5.65. The molecule has 124 valence electrons. The molecule has 23 heavy (non-hydrogen) atoms. The van der Waals surface area contributed by atoms with Crippen LogP contribution in [0.5, 0.6) is 0 Å². The molecule has 2 N–H and O–H groups in total. The van der Waals surface area contributed by atoms with Crippen LogP contribution in [0.15, 0.2) is 23.1 Å². The Balaban J connectivity index is 2.43. The number of carboxylic acid groups (broad SMARTS) is 1. The number of nitrogens with zero attached hydrogens (tertiary/aromatic N) is 1. The van der Waals surface area contributed by atoms with E-state index in [4.69, 9.17) is 5.11 Å². The van der Waals surface area contributed by atoms with Gasteiger partial charge in [0.25, 0.3) is 21.8 Å². The molecule has 0 aliphatic carbocycles. The summed E-state index contributed by atoms with van der Waals surface area (Å²) < 4.78 is 25.6. The number of hydrogen-bond donors (Lipinski definition) is 2. The minimum atomic E-state index is -4.01. The maximum Gasteiger partial charge on any atom is 0.325 e. The zero-order valence-electron chi connectivity index (χ0n) is 12.7. The van der Waals surface area contributed by atoms with Gasteiger partial charge >= 0.3 is 5.97 Å². The summed E-state index contributed by atoms with van der Waals surface area (Å²) in [5.41, 5.74) is -0.0274. The standard InChI is InChI=1S/C14H16N2O6S/c1-7(2)16-13(18)10-5-4-9(6-11(10)23(16,21)22)12(17)15-8(3)14(19)20/h4-8H,1-3H3,(H,15,17)(H,19,20)/t8-/m0/s1. The van der Waals surface area contributed by atoms with Crippen LogP contribution in [-0.2, 0) is 14.8 Å². The van der Waals surface area contributed by atoms with Crippen LogP contribution in [0.2, 0.25) is 0 Å². The lowest BCUT2D eigenvalue weighted by Gasteiger charge is -2.18. The van der Waals surface area contributed by atoms with Crippen LogP contribution in [-0.4, -0.2) is 47.7 Å². The molecule has 2 rings (SSSR count). The minimum absolute atomic E-state index is 0.00142. The highest BCUT2D eigenvalue weighted by molar-refractivity contribution is 7.90. The average molecular weight is 340 g/mol. The summed E-state index contributed by atoms with van der Waals surface area (Å²) in [6.07, 6.45) is 0. The zero-order chi connectivity index (χ0) is 17.5. The largest absolute Gasteiger partial charge is 0.480 e. The Hall–Kier alpha value is -2.42. The summed E-state index contributed by atoms with van der Waals surface area (Å²) in [5, 5.41) is 11.0. The topological polar surface area (TPSA) is 121 Å². The van der Waals surface area contributed by atoms with Crippen molar-refractivity contribution in [2.24, 2.45) is 0 Å². The number of fused-ring (bicyclic) bond motifs is 1. The Morgan fingerprint density at radius 1 is 1.22 bits per heavy atom. The normalized spacial score (nSPS) is 17.0. The highest BCUT2D eigenvalue weighted by atomic mass is 32.2. The molecule has 0 saturated heterocycles. The van der Waals surface area contributed by atoms with E-state index >= 15 is 0 Å². The van der Waals surface area contributed by atoms with E-state index in [1.54, 1.807) is 13.8 Å². The molecule has 1 aromatic rings. The van der Waals surface area contributed by atoms with Gasteiger partial charge in [0.15, 0.2) is 0 Å². The first-order valence-electron chi connectivity index (χ1n) is 6.84. The van der Waals surface area contributed by atoms with Crippen LogP contribution in [0.1, 0.15) is 41.5 Å². The lowest BCUT2D eigenvalue weighted by Crippen LogP contribution is -2.38. The smallest absolute Gasteiger partial charge is 0.325 e. The highest BCUT2D eigenvalue weighted by Crippen LogP contribution is 2.32. The molecule has 1 atom stereocenters. The monoisotopic (exact) mass is 340 g/mol. The number of nitrogens with one attached hydrogen (secondary N) is 1. The second-order valence-electron chi connectivity index (χ2n) is 5.44. The maximum absolute atomic E-state index is 12.4. The molecule has 0 saturated carbocycles. The molecule has 0 fully saturated rings. The van der Waals surface area contributed by atoms with Crippen LogP contribution in [0, 0.1) is 0 Å². The lowest BCUT2D eigenvalue weighted by atomic mass is 10.1. The van der Waals surface area contributed by atoms with Crippen molar-refractivity contribution in [1.29, 1.82) is 0 Å². The molecule has 0 unspecified atom stereocenters. The third-order valence-electron chi connectivity index (χ3n) is 3.40. The Kier molecular flexibility index (Phi) is 4.16. The quantitative estimate of drug-likeness (QED) is 0.820. The van der Waals surface area contributed by atoms with Gasteiger partial charge in [-0.2, -0.15) is 0 Å². The van der Waals surface area contributed by atoms with Crippen molar-refractivity contribution in [3.8, 4) is 0 Å². The SMILES string of the molecule is CC(C)N1C(=O)c2ccc(C(=O)N[C@@H](C)C(=O)O)cc2S1(=O)=O. The summed E-state index contributed by atoms with van der Waals surface area (Å²) in [4.78, 5) is 34.7. The van der Waals surface area contributed by atoms with Crippen molar-refractivity contribution in [1.82, 2.24) is 9.62 Å². The van der Waals surface area contributed by atoms with Crippen molar-refractivity contribution >= 4 is 27.8 Å². The van der Waals surface area contributed by atoms with Crippen LogP contribution >= 0.6 is 0 Å². The summed E-state index contributed by atoms with van der Waals surface area (Å²) in [5.74, 6) is -2.58. The Bertz CT molecular complexity index is 799. The van der Waals surface area contributed by atoms with Gasteiger partial charge in [0.1, 0.15) is 10.9 Å². The van der Waals surface area contributed by atoms with Gasteiger partial charge in [0, 0.05) is 11.6 Å². The van der Waals surface area contributed by atoms with Crippen LogP contribution in [0.4, 0.5) is 0 Å². The fraction of sp³-hybridized carbons (Fsp3) is 0.357. The molecule has 0 spiro atoms. The predicted octanol–water partition coefficient (Wildman–Crippen LogP) is 0.442. The number of sulfonamides is 1. The van der Waals surface area contributed by atoms with E-state index in [1.165, 1.54) is 19.1 Å². The average Bonchev–Trinajstić information content (AvgIpc) is 2.65. The number of hydrogen-bond acceptors (Lipinski definition) is 5. The van der Waals surface area contributed by atoms with Gasteiger partial charge < -0.3 is 10.4 Å². The molecule has 0 bridgehead atoms. The summed E-state index contributed by atoms with van der Waals surface area (Å²) in [6, 6.07) is 1.97. The molecule has 9 heteroatoms. The molecule has 0 aromatic heterocycles. The van der Waals surface area contributed by atoms with E-state index < -0.39 is 39.9 Å². The summed E-state index contributed by atoms with van der Waals surface area (Å²) in [7, 11) is -4.01. The number of benzene rings is 1. The number of carbonyl (C=O) groups excluding carboxylic acids is 2. The molecule has 1 aliphatic rings. The number of carbonyl (C=O) groups is 3. The summed E-state index contributed by atoms with van der Waals surface area (Å²) in [6.45, 7) is 4.43. The van der Waals surface area contributed by atoms with E-state index in [0.717, 1.165) is 10.4 Å². The fourth-order valence-electron chi connectivity index (χ4n) is 2.24. The molecule has 1 heterocycles. The van der Waals surface area contributed by atoms with Gasteiger partial charge in [-0.1, -0.05) is 0 Å². The molecule has 2 amide bonds. The first-order chi connectivity index (χ1) is 10.6. The van der Waals surface area contributed by atoms with E-state index in [-0.39, 0.29) is 16.0 Å². The van der Waals surface area contributed by atoms with Crippen molar-refractivity contribution < 1.29 is 27.9 Å². The highest BCUT2D eigenvalue weighted by Gasteiger charge is 2.42. The van der Waals surface area contributed by atoms with Crippen LogP contribution in [0.25, 0.3) is 0 Å². The second-order valence-corrected chi connectivity index (χ2v) is 7.23. The Labute approximate surface area is 133 Å². The van der Waals surface area contributed by atoms with Crippen molar-refractivity contribution in [3.05, 3.63) is 29.3 Å². The molecule has 0 radical (unpaired) electrons. The van der Waals surface area contributed by atoms with E-state index in [9.17, 15) is 22.8 Å². The molecular weight excluding hydrogens is 324 g/mol. The first-order valence-corrected chi connectivity index (χ1v) is 8.28. The van der Waals surface area contributed by atoms with E-state index in [1.807, 2.05) is 0 Å². The fourth-order valence-corrected chi connectivity index (χ4v) is 4.03. The molecule has 8 nitrogen and oxygen atoms in total. The number of rotatable bonds is 4. The van der Waals surface area contributed by atoms with E-state index in [0.29, 0.717) is 0 Å². The van der Waals surface area contributed by atoms with Gasteiger partial charge in [-0.05, 0) is 39.0 Å². The summed E-state index contributed by atoms with van der Waals surface area (Å²) >= 11 is 0. The van der Waals surface area contributed by atoms with Gasteiger partial charge in [0.2, 0.25) is 0 Å². The number of amides is 2. The maximum atomic E-state index is 12.4. The Morgan fingerprint density at radius 2 is 1.83 bits per heavy atom. The van der Waals surface area contributed by atoms with Crippen molar-refractivity contribution in [2.45, 2.75) is 37.8 Å². The third-order valence-corrected chi connectivity index (χ3v) is 5.40. The van der Waals surface area contributed by atoms with E-state index in [2.05, 4.69) is 5.32 Å². The molecular formula is C14H16N2O6S. The van der Waals surface area contributed by atoms with Gasteiger partial charge in [-0.15, -0.1) is 0 Å². The van der Waals surface area contributed by atoms with Gasteiger partial charge in [-0.3, -0.25) is 14.4 Å². The zero-order valence-corrected chi connectivity index (χ0v) is 13.5. The molecule has 1 aromatic carbocycles. The first kappa shape index (κ1) is 16.9.